The van der Waals surface area contributed by atoms with Crippen LogP contribution in [0.5, 0.6) is 5.75 Å². The van der Waals surface area contributed by atoms with Gasteiger partial charge in [0.2, 0.25) is 0 Å². The minimum Gasteiger partial charge on any atom is -0.478 e. The van der Waals surface area contributed by atoms with Gasteiger partial charge in [0.25, 0.3) is 5.91 Å². The van der Waals surface area contributed by atoms with Gasteiger partial charge in [-0.2, -0.15) is 0 Å². The van der Waals surface area contributed by atoms with Gasteiger partial charge in [0, 0.05) is 24.7 Å². The average Bonchev–Trinajstić information content (AvgIpc) is 2.49. The maximum atomic E-state index is 12.6. The zero-order chi connectivity index (χ0) is 15.5. The molecule has 0 aromatic heterocycles. The van der Waals surface area contributed by atoms with E-state index < -0.39 is 5.60 Å². The van der Waals surface area contributed by atoms with Crippen molar-refractivity contribution < 1.29 is 14.6 Å². The van der Waals surface area contributed by atoms with Crippen LogP contribution in [0.4, 0.5) is 0 Å². The number of carbonyl (C=O) groups is 1. The van der Waals surface area contributed by atoms with Crippen molar-refractivity contribution in [1.29, 1.82) is 0 Å². The molecule has 1 saturated heterocycles. The third kappa shape index (κ3) is 4.11. The molecule has 0 saturated carbocycles. The third-order valence-electron chi connectivity index (χ3n) is 3.86. The Kier molecular flexibility index (Phi) is 5.12. The number of hydrogen-bond acceptors (Lipinski definition) is 3. The van der Waals surface area contributed by atoms with Crippen molar-refractivity contribution in [3.05, 3.63) is 29.3 Å². The molecule has 2 rings (SSSR count). The monoisotopic (exact) mass is 311 g/mol. The highest BCUT2D eigenvalue weighted by atomic mass is 35.5. The van der Waals surface area contributed by atoms with Crippen molar-refractivity contribution in [2.24, 2.45) is 5.92 Å². The first-order chi connectivity index (χ1) is 9.92. The topological polar surface area (TPSA) is 49.8 Å². The van der Waals surface area contributed by atoms with Crippen LogP contribution in [-0.4, -0.2) is 41.2 Å². The summed E-state index contributed by atoms with van der Waals surface area (Å²) in [5, 5.41) is 9.79. The first-order valence-electron chi connectivity index (χ1n) is 7.27. The summed E-state index contributed by atoms with van der Waals surface area (Å²) >= 11 is 5.84. The standard InChI is InChI=1S/C16H22ClNO3/c1-16(2,21-14-5-3-13(17)4-6-14)15(20)18-9-7-12(11-19)8-10-18/h3-6,12,19H,7-11H2,1-2H3. The van der Waals surface area contributed by atoms with Gasteiger partial charge in [-0.25, -0.2) is 0 Å². The molecule has 1 N–H and O–H groups in total. The van der Waals surface area contributed by atoms with E-state index in [2.05, 4.69) is 0 Å². The molecule has 5 heteroatoms. The highest BCUT2D eigenvalue weighted by molar-refractivity contribution is 6.30. The van der Waals surface area contributed by atoms with Crippen LogP contribution >= 0.6 is 11.6 Å². The van der Waals surface area contributed by atoms with Crippen LogP contribution in [0, 0.1) is 5.92 Å². The summed E-state index contributed by atoms with van der Waals surface area (Å²) < 4.78 is 5.83. The van der Waals surface area contributed by atoms with E-state index in [1.165, 1.54) is 0 Å². The minimum absolute atomic E-state index is 0.0196. The molecule has 1 heterocycles. The van der Waals surface area contributed by atoms with Crippen molar-refractivity contribution in [3.8, 4) is 5.75 Å². The van der Waals surface area contributed by atoms with Crippen LogP contribution < -0.4 is 4.74 Å². The Balaban J connectivity index is 1.98. The number of carbonyl (C=O) groups excluding carboxylic acids is 1. The van der Waals surface area contributed by atoms with E-state index in [0.29, 0.717) is 29.8 Å². The molecule has 0 atom stereocenters. The smallest absolute Gasteiger partial charge is 0.266 e. The molecule has 116 valence electrons. The molecule has 0 radical (unpaired) electrons. The molecule has 1 aromatic rings. The Bertz CT molecular complexity index is 479. The summed E-state index contributed by atoms with van der Waals surface area (Å²) in [5.74, 6) is 0.922. The fourth-order valence-corrected chi connectivity index (χ4v) is 2.67. The van der Waals surface area contributed by atoms with Gasteiger partial charge < -0.3 is 14.7 Å². The Hall–Kier alpha value is -1.26. The van der Waals surface area contributed by atoms with Crippen LogP contribution in [0.3, 0.4) is 0 Å². The summed E-state index contributed by atoms with van der Waals surface area (Å²) in [7, 11) is 0. The second-order valence-electron chi connectivity index (χ2n) is 5.98. The van der Waals surface area contributed by atoms with Crippen LogP contribution in [0.2, 0.25) is 5.02 Å². The first kappa shape index (κ1) is 16.1. The van der Waals surface area contributed by atoms with E-state index in [1.807, 2.05) is 4.90 Å². The molecule has 0 bridgehead atoms. The lowest BCUT2D eigenvalue weighted by Gasteiger charge is -2.36. The van der Waals surface area contributed by atoms with E-state index in [-0.39, 0.29) is 12.5 Å². The maximum Gasteiger partial charge on any atom is 0.266 e. The van der Waals surface area contributed by atoms with Gasteiger partial charge in [-0.15, -0.1) is 0 Å². The van der Waals surface area contributed by atoms with Gasteiger partial charge in [0.1, 0.15) is 5.75 Å². The highest BCUT2D eigenvalue weighted by Gasteiger charge is 2.35. The number of aliphatic hydroxyl groups is 1. The average molecular weight is 312 g/mol. The van der Waals surface area contributed by atoms with Crippen molar-refractivity contribution in [2.45, 2.75) is 32.3 Å². The fraction of sp³-hybridized carbons (Fsp3) is 0.562. The number of nitrogens with zero attached hydrogens (tertiary/aromatic N) is 1. The van der Waals surface area contributed by atoms with Crippen LogP contribution in [0.25, 0.3) is 0 Å². The van der Waals surface area contributed by atoms with E-state index in [9.17, 15) is 4.79 Å². The van der Waals surface area contributed by atoms with Gasteiger partial charge in [-0.3, -0.25) is 4.79 Å². The molecule has 1 aliphatic heterocycles. The normalized spacial score (nSPS) is 16.9. The summed E-state index contributed by atoms with van der Waals surface area (Å²) in [6, 6.07) is 7.00. The summed E-state index contributed by atoms with van der Waals surface area (Å²) in [5.41, 5.74) is -0.917. The van der Waals surface area contributed by atoms with E-state index in [1.54, 1.807) is 38.1 Å². The quantitative estimate of drug-likeness (QED) is 0.930. The van der Waals surface area contributed by atoms with Gasteiger partial charge in [0.15, 0.2) is 5.60 Å². The number of benzene rings is 1. The fourth-order valence-electron chi connectivity index (χ4n) is 2.54. The Morgan fingerprint density at radius 3 is 2.43 bits per heavy atom. The van der Waals surface area contributed by atoms with Crippen molar-refractivity contribution >= 4 is 17.5 Å². The number of ether oxygens (including phenoxy) is 1. The largest absolute Gasteiger partial charge is 0.478 e. The second kappa shape index (κ2) is 6.67. The number of hydrogen-bond donors (Lipinski definition) is 1. The summed E-state index contributed by atoms with van der Waals surface area (Å²) in [6.07, 6.45) is 1.69. The summed E-state index contributed by atoms with van der Waals surface area (Å²) in [6.45, 7) is 5.12. The molecule has 4 nitrogen and oxygen atoms in total. The van der Waals surface area contributed by atoms with Gasteiger partial charge in [-0.05, 0) is 56.9 Å². The zero-order valence-electron chi connectivity index (χ0n) is 12.5. The SMILES string of the molecule is CC(C)(Oc1ccc(Cl)cc1)C(=O)N1CCC(CO)CC1. The highest BCUT2D eigenvalue weighted by Crippen LogP contribution is 2.24. The molecule has 21 heavy (non-hydrogen) atoms. The Morgan fingerprint density at radius 2 is 1.90 bits per heavy atom. The van der Waals surface area contributed by atoms with Crippen molar-refractivity contribution in [2.75, 3.05) is 19.7 Å². The number of aliphatic hydroxyl groups excluding tert-OH is 1. The van der Waals surface area contributed by atoms with Crippen molar-refractivity contribution in [1.82, 2.24) is 4.90 Å². The van der Waals surface area contributed by atoms with E-state index in [4.69, 9.17) is 21.4 Å². The van der Waals surface area contributed by atoms with Gasteiger partial charge in [-0.1, -0.05) is 11.6 Å². The molecule has 1 aromatic carbocycles. The lowest BCUT2D eigenvalue weighted by molar-refractivity contribution is -0.147. The predicted octanol–water partition coefficient (Wildman–Crippen LogP) is 2.73. The third-order valence-corrected chi connectivity index (χ3v) is 4.11. The lowest BCUT2D eigenvalue weighted by Crippen LogP contribution is -2.51. The molecule has 1 amide bonds. The molecule has 0 spiro atoms. The van der Waals surface area contributed by atoms with Crippen LogP contribution in [0.1, 0.15) is 26.7 Å². The van der Waals surface area contributed by atoms with Crippen LogP contribution in [-0.2, 0) is 4.79 Å². The van der Waals surface area contributed by atoms with Crippen molar-refractivity contribution in [3.63, 3.8) is 0 Å². The molecule has 1 fully saturated rings. The minimum atomic E-state index is -0.917. The van der Waals surface area contributed by atoms with Gasteiger partial charge in [0.05, 0.1) is 0 Å². The number of piperidine rings is 1. The molecular formula is C16H22ClNO3. The molecule has 0 unspecified atom stereocenters. The number of likely N-dealkylation sites (tertiary alicyclic amines) is 1. The Labute approximate surface area is 130 Å². The lowest BCUT2D eigenvalue weighted by atomic mass is 9.96. The predicted molar refractivity (Wildman–Crippen MR) is 82.5 cm³/mol. The molecule has 1 aliphatic rings. The molecular weight excluding hydrogens is 290 g/mol. The Morgan fingerprint density at radius 1 is 1.33 bits per heavy atom. The number of amides is 1. The first-order valence-corrected chi connectivity index (χ1v) is 7.65. The summed E-state index contributed by atoms with van der Waals surface area (Å²) in [4.78, 5) is 14.4. The number of rotatable bonds is 4. The second-order valence-corrected chi connectivity index (χ2v) is 6.42. The van der Waals surface area contributed by atoms with E-state index in [0.717, 1.165) is 12.8 Å². The molecule has 0 aliphatic carbocycles. The van der Waals surface area contributed by atoms with Gasteiger partial charge >= 0.3 is 0 Å². The van der Waals surface area contributed by atoms with Crippen LogP contribution in [0.15, 0.2) is 24.3 Å². The van der Waals surface area contributed by atoms with E-state index >= 15 is 0 Å². The maximum absolute atomic E-state index is 12.6. The number of halogens is 1. The zero-order valence-corrected chi connectivity index (χ0v) is 13.3.